The molecule has 1 fully saturated rings. The van der Waals surface area contributed by atoms with E-state index in [0.29, 0.717) is 12.5 Å². The minimum Gasteiger partial charge on any atom is -0.395 e. The molecule has 4 heteroatoms. The highest BCUT2D eigenvalue weighted by atomic mass is 16.3. The molecule has 0 radical (unpaired) electrons. The molecule has 0 aromatic rings. The molecule has 0 unspecified atom stereocenters. The molecule has 1 aliphatic rings. The molecule has 0 heterocycles. The molecule has 15 heavy (non-hydrogen) atoms. The number of aliphatic hydroxyl groups excluding tert-OH is 1. The number of rotatable bonds is 4. The number of urea groups is 1. The van der Waals surface area contributed by atoms with Crippen LogP contribution in [0.3, 0.4) is 0 Å². The third-order valence-electron chi connectivity index (χ3n) is 2.76. The van der Waals surface area contributed by atoms with Crippen molar-refractivity contribution in [2.75, 3.05) is 20.2 Å². The van der Waals surface area contributed by atoms with E-state index >= 15 is 0 Å². The number of likely N-dealkylation sites (N-methyl/N-ethyl adjacent to an activating group) is 1. The second-order valence-electron chi connectivity index (χ2n) is 4.00. The van der Waals surface area contributed by atoms with Gasteiger partial charge in [0.05, 0.1) is 6.61 Å². The number of hydrogen-bond acceptors (Lipinski definition) is 2. The Morgan fingerprint density at radius 2 is 2.20 bits per heavy atom. The third kappa shape index (κ3) is 4.34. The van der Waals surface area contributed by atoms with Crippen LogP contribution < -0.4 is 5.32 Å². The highest BCUT2D eigenvalue weighted by Gasteiger charge is 2.11. The van der Waals surface area contributed by atoms with Crippen molar-refractivity contribution in [1.29, 1.82) is 0 Å². The van der Waals surface area contributed by atoms with Gasteiger partial charge in [-0.2, -0.15) is 0 Å². The van der Waals surface area contributed by atoms with Crippen molar-refractivity contribution in [2.24, 2.45) is 5.92 Å². The summed E-state index contributed by atoms with van der Waals surface area (Å²) in [4.78, 5) is 12.8. The fraction of sp³-hybridized carbons (Fsp3) is 0.727. The van der Waals surface area contributed by atoms with Gasteiger partial charge in [-0.25, -0.2) is 4.79 Å². The quantitative estimate of drug-likeness (QED) is 0.738. The van der Waals surface area contributed by atoms with Gasteiger partial charge >= 0.3 is 6.03 Å². The van der Waals surface area contributed by atoms with Crippen molar-refractivity contribution >= 4 is 6.03 Å². The molecular weight excluding hydrogens is 192 g/mol. The summed E-state index contributed by atoms with van der Waals surface area (Å²) in [6.07, 6.45) is 8.86. The van der Waals surface area contributed by atoms with Crippen molar-refractivity contribution in [1.82, 2.24) is 10.2 Å². The van der Waals surface area contributed by atoms with Gasteiger partial charge in [0, 0.05) is 19.8 Å². The van der Waals surface area contributed by atoms with Crippen molar-refractivity contribution in [2.45, 2.75) is 25.7 Å². The zero-order valence-corrected chi connectivity index (χ0v) is 9.28. The number of allylic oxidation sites excluding steroid dienone is 1. The van der Waals surface area contributed by atoms with Crippen LogP contribution in [0, 0.1) is 5.92 Å². The number of aliphatic hydroxyl groups is 1. The number of nitrogens with one attached hydrogen (secondary N) is 1. The van der Waals surface area contributed by atoms with Crippen LogP contribution in [0.25, 0.3) is 0 Å². The molecule has 0 spiro atoms. The lowest BCUT2D eigenvalue weighted by Gasteiger charge is -2.14. The Morgan fingerprint density at radius 1 is 1.53 bits per heavy atom. The van der Waals surface area contributed by atoms with Crippen molar-refractivity contribution < 1.29 is 9.90 Å². The molecule has 0 aromatic carbocycles. The van der Waals surface area contributed by atoms with Gasteiger partial charge in [0.25, 0.3) is 0 Å². The van der Waals surface area contributed by atoms with Gasteiger partial charge in [0.15, 0.2) is 0 Å². The van der Waals surface area contributed by atoms with E-state index in [2.05, 4.69) is 11.4 Å². The Labute approximate surface area is 91.0 Å². The second kappa shape index (κ2) is 6.45. The van der Waals surface area contributed by atoms with Crippen LogP contribution in [-0.4, -0.2) is 36.2 Å². The van der Waals surface area contributed by atoms with Crippen LogP contribution in [0.1, 0.15) is 25.7 Å². The van der Waals surface area contributed by atoms with E-state index in [1.54, 1.807) is 13.2 Å². The first kappa shape index (κ1) is 12.0. The minimum atomic E-state index is -0.168. The Bertz CT molecular complexity index is 223. The maximum absolute atomic E-state index is 11.4. The second-order valence-corrected chi connectivity index (χ2v) is 4.00. The van der Waals surface area contributed by atoms with Crippen LogP contribution >= 0.6 is 0 Å². The standard InChI is InChI=1S/C11H20N2O2/c1-13(8-9-14)11(15)12-7-6-10-4-2-3-5-10/h6-7,10,14H,2-5,8-9H2,1H3,(H,12,15)/b7-6+. The van der Waals surface area contributed by atoms with Gasteiger partial charge in [-0.15, -0.1) is 0 Å². The van der Waals surface area contributed by atoms with E-state index in [9.17, 15) is 4.79 Å². The van der Waals surface area contributed by atoms with E-state index in [1.807, 2.05) is 0 Å². The van der Waals surface area contributed by atoms with Crippen molar-refractivity contribution in [3.8, 4) is 0 Å². The normalized spacial score (nSPS) is 17.2. The van der Waals surface area contributed by atoms with Crippen LogP contribution in [0.4, 0.5) is 4.79 Å². The molecule has 0 aromatic heterocycles. The number of carbonyl (C=O) groups excluding carboxylic acids is 1. The predicted octanol–water partition coefficient (Wildman–Crippen LogP) is 1.32. The number of nitrogens with zero attached hydrogens (tertiary/aromatic N) is 1. The number of amides is 2. The fourth-order valence-electron chi connectivity index (χ4n) is 1.77. The van der Waals surface area contributed by atoms with Gasteiger partial charge in [0.1, 0.15) is 0 Å². The van der Waals surface area contributed by atoms with Crippen LogP contribution in [0.2, 0.25) is 0 Å². The smallest absolute Gasteiger partial charge is 0.321 e. The summed E-state index contributed by atoms with van der Waals surface area (Å²) in [5.74, 6) is 0.633. The van der Waals surface area contributed by atoms with Crippen LogP contribution in [0.5, 0.6) is 0 Å². The van der Waals surface area contributed by atoms with E-state index < -0.39 is 0 Å². The molecule has 1 rings (SSSR count). The number of hydrogen-bond donors (Lipinski definition) is 2. The Hall–Kier alpha value is -1.03. The van der Waals surface area contributed by atoms with Crippen molar-refractivity contribution in [3.63, 3.8) is 0 Å². The maximum atomic E-state index is 11.4. The first-order chi connectivity index (χ1) is 7.24. The SMILES string of the molecule is CN(CCO)C(=O)N/C=C/C1CCCC1. The zero-order valence-electron chi connectivity index (χ0n) is 9.28. The van der Waals surface area contributed by atoms with Crippen LogP contribution in [0.15, 0.2) is 12.3 Å². The van der Waals surface area contributed by atoms with E-state index in [4.69, 9.17) is 5.11 Å². The highest BCUT2D eigenvalue weighted by Crippen LogP contribution is 2.25. The molecule has 0 atom stereocenters. The van der Waals surface area contributed by atoms with Gasteiger partial charge in [0.2, 0.25) is 0 Å². The summed E-state index contributed by atoms with van der Waals surface area (Å²) < 4.78 is 0. The molecule has 1 aliphatic carbocycles. The molecule has 2 amide bonds. The lowest BCUT2D eigenvalue weighted by atomic mass is 10.1. The fourth-order valence-corrected chi connectivity index (χ4v) is 1.77. The molecule has 86 valence electrons. The lowest BCUT2D eigenvalue weighted by molar-refractivity contribution is 0.193. The molecule has 0 bridgehead atoms. The summed E-state index contributed by atoms with van der Waals surface area (Å²) in [6.45, 7) is 0.360. The zero-order chi connectivity index (χ0) is 11.1. The Balaban J connectivity index is 2.20. The molecular formula is C11H20N2O2. The van der Waals surface area contributed by atoms with Crippen LogP contribution in [-0.2, 0) is 0 Å². The van der Waals surface area contributed by atoms with Crippen molar-refractivity contribution in [3.05, 3.63) is 12.3 Å². The van der Waals surface area contributed by atoms with Gasteiger partial charge < -0.3 is 15.3 Å². The van der Waals surface area contributed by atoms with Gasteiger partial charge in [-0.05, 0) is 18.8 Å². The first-order valence-electron chi connectivity index (χ1n) is 5.53. The lowest BCUT2D eigenvalue weighted by Crippen LogP contribution is -2.36. The Kier molecular flexibility index (Phi) is 5.18. The monoisotopic (exact) mass is 212 g/mol. The van der Waals surface area contributed by atoms with E-state index in [0.717, 1.165) is 0 Å². The molecule has 4 nitrogen and oxygen atoms in total. The summed E-state index contributed by atoms with van der Waals surface area (Å²) in [5.41, 5.74) is 0. The molecule has 1 saturated carbocycles. The molecule has 0 aliphatic heterocycles. The summed E-state index contributed by atoms with van der Waals surface area (Å²) in [7, 11) is 1.66. The average molecular weight is 212 g/mol. The highest BCUT2D eigenvalue weighted by molar-refractivity contribution is 5.74. The average Bonchev–Trinajstić information content (AvgIpc) is 2.71. The van der Waals surface area contributed by atoms with E-state index in [1.165, 1.54) is 30.6 Å². The Morgan fingerprint density at radius 3 is 2.80 bits per heavy atom. The maximum Gasteiger partial charge on any atom is 0.321 e. The summed E-state index contributed by atoms with van der Waals surface area (Å²) in [6, 6.07) is -0.168. The topological polar surface area (TPSA) is 52.6 Å². The molecule has 0 saturated heterocycles. The molecule has 2 N–H and O–H groups in total. The minimum absolute atomic E-state index is 0.00371. The van der Waals surface area contributed by atoms with Gasteiger partial charge in [-0.3, -0.25) is 0 Å². The third-order valence-corrected chi connectivity index (χ3v) is 2.76. The van der Waals surface area contributed by atoms with Gasteiger partial charge in [-0.1, -0.05) is 18.9 Å². The predicted molar refractivity (Wildman–Crippen MR) is 59.3 cm³/mol. The van der Waals surface area contributed by atoms with E-state index in [-0.39, 0.29) is 12.6 Å². The largest absolute Gasteiger partial charge is 0.395 e. The summed E-state index contributed by atoms with van der Waals surface area (Å²) in [5, 5.41) is 11.3. The summed E-state index contributed by atoms with van der Waals surface area (Å²) >= 11 is 0. The first-order valence-corrected chi connectivity index (χ1v) is 5.53. The number of carbonyl (C=O) groups is 1.